The van der Waals surface area contributed by atoms with E-state index >= 15 is 0 Å². The minimum absolute atomic E-state index is 0.0484. The zero-order chi connectivity index (χ0) is 8.81. The first-order chi connectivity index (χ1) is 5.86. The van der Waals surface area contributed by atoms with Gasteiger partial charge in [-0.25, -0.2) is 0 Å². The molecule has 0 aromatic heterocycles. The van der Waals surface area contributed by atoms with Gasteiger partial charge in [0, 0.05) is 6.07 Å². The Hall–Kier alpha value is -1.51. The molecule has 12 heavy (non-hydrogen) atoms. The summed E-state index contributed by atoms with van der Waals surface area (Å²) in [4.78, 5) is 9.85. The van der Waals surface area contributed by atoms with Crippen molar-refractivity contribution in [3.8, 4) is 11.5 Å². The standard InChI is InChI=1S/C9H9O3/c1-11-8-3-2-4-9(7-8)12-6-5-10/h2-4,7H,6H2,1H3. The Morgan fingerprint density at radius 3 is 2.83 bits per heavy atom. The molecule has 0 saturated carbocycles. The molecule has 0 amide bonds. The van der Waals surface area contributed by atoms with Gasteiger partial charge in [0.15, 0.2) is 6.61 Å². The molecule has 63 valence electrons. The first-order valence-electron chi connectivity index (χ1n) is 3.48. The Morgan fingerprint density at radius 1 is 1.42 bits per heavy atom. The molecule has 0 saturated heterocycles. The third-order valence-electron chi connectivity index (χ3n) is 1.34. The van der Waals surface area contributed by atoms with Gasteiger partial charge in [0.1, 0.15) is 11.5 Å². The fourth-order valence-electron chi connectivity index (χ4n) is 0.804. The van der Waals surface area contributed by atoms with Crippen LogP contribution in [0.4, 0.5) is 0 Å². The van der Waals surface area contributed by atoms with Crippen molar-refractivity contribution in [3.05, 3.63) is 24.3 Å². The quantitative estimate of drug-likeness (QED) is 0.672. The molecule has 0 aliphatic carbocycles. The van der Waals surface area contributed by atoms with Gasteiger partial charge in [0.25, 0.3) is 0 Å². The Balaban J connectivity index is 2.65. The average molecular weight is 165 g/mol. The molecule has 0 atom stereocenters. The number of hydrogen-bond donors (Lipinski definition) is 0. The zero-order valence-corrected chi connectivity index (χ0v) is 6.74. The van der Waals surface area contributed by atoms with Crippen molar-refractivity contribution in [1.29, 1.82) is 0 Å². The maximum absolute atomic E-state index is 9.85. The second-order valence-corrected chi connectivity index (χ2v) is 2.11. The first kappa shape index (κ1) is 8.59. The Morgan fingerprint density at radius 2 is 2.17 bits per heavy atom. The number of hydrogen-bond acceptors (Lipinski definition) is 3. The number of carbonyl (C=O) groups excluding carboxylic acids is 1. The summed E-state index contributed by atoms with van der Waals surface area (Å²) in [5, 5.41) is 0. The lowest BCUT2D eigenvalue weighted by Crippen LogP contribution is -1.97. The molecule has 1 aromatic carbocycles. The van der Waals surface area contributed by atoms with Crippen LogP contribution >= 0.6 is 0 Å². The number of methoxy groups -OCH3 is 1. The molecule has 0 aliphatic rings. The lowest BCUT2D eigenvalue weighted by atomic mass is 10.3. The Bertz CT molecular complexity index is 258. The SMILES string of the molecule is COc1cccc(OC[C]=O)c1. The molecule has 0 bridgehead atoms. The average Bonchev–Trinajstić information content (AvgIpc) is 2.15. The van der Waals surface area contributed by atoms with Crippen LogP contribution in [0.3, 0.4) is 0 Å². The topological polar surface area (TPSA) is 35.5 Å². The molecule has 1 rings (SSSR count). The van der Waals surface area contributed by atoms with Crippen LogP contribution in [0.25, 0.3) is 0 Å². The van der Waals surface area contributed by atoms with Crippen molar-refractivity contribution in [2.45, 2.75) is 0 Å². The van der Waals surface area contributed by atoms with Gasteiger partial charge in [-0.1, -0.05) is 6.07 Å². The van der Waals surface area contributed by atoms with Crippen molar-refractivity contribution in [2.24, 2.45) is 0 Å². The summed E-state index contributed by atoms with van der Waals surface area (Å²) in [6.45, 7) is -0.0484. The highest BCUT2D eigenvalue weighted by Gasteiger charge is 1.94. The van der Waals surface area contributed by atoms with Gasteiger partial charge in [-0.15, -0.1) is 0 Å². The monoisotopic (exact) mass is 165 g/mol. The van der Waals surface area contributed by atoms with E-state index in [2.05, 4.69) is 0 Å². The first-order valence-corrected chi connectivity index (χ1v) is 3.48. The lowest BCUT2D eigenvalue weighted by molar-refractivity contribution is 0.359. The molecule has 0 spiro atoms. The molecule has 3 heteroatoms. The second kappa shape index (κ2) is 4.38. The van der Waals surface area contributed by atoms with E-state index < -0.39 is 0 Å². The summed E-state index contributed by atoms with van der Waals surface area (Å²) in [5.41, 5.74) is 0. The highest BCUT2D eigenvalue weighted by atomic mass is 16.5. The van der Waals surface area contributed by atoms with Crippen LogP contribution in [0.15, 0.2) is 24.3 Å². The molecule has 0 unspecified atom stereocenters. The van der Waals surface area contributed by atoms with Gasteiger partial charge < -0.3 is 9.47 Å². The van der Waals surface area contributed by atoms with Gasteiger partial charge in [-0.05, 0) is 12.1 Å². The molecule has 3 nitrogen and oxygen atoms in total. The third kappa shape index (κ3) is 2.27. The number of benzene rings is 1. The van der Waals surface area contributed by atoms with Crippen molar-refractivity contribution in [3.63, 3.8) is 0 Å². The minimum Gasteiger partial charge on any atom is -0.497 e. The van der Waals surface area contributed by atoms with E-state index in [0.717, 1.165) is 0 Å². The number of ether oxygens (including phenoxy) is 2. The maximum atomic E-state index is 9.85. The van der Waals surface area contributed by atoms with Crippen LogP contribution in [0, 0.1) is 0 Å². The highest BCUT2D eigenvalue weighted by molar-refractivity contribution is 5.52. The van der Waals surface area contributed by atoms with Crippen molar-refractivity contribution in [1.82, 2.24) is 0 Å². The smallest absolute Gasteiger partial charge is 0.239 e. The fraction of sp³-hybridized carbons (Fsp3) is 0.222. The van der Waals surface area contributed by atoms with Gasteiger partial charge in [-0.2, -0.15) is 0 Å². The van der Waals surface area contributed by atoms with Crippen molar-refractivity contribution < 1.29 is 14.3 Å². The Labute approximate surface area is 70.9 Å². The van der Waals surface area contributed by atoms with Crippen LogP contribution in [0.1, 0.15) is 0 Å². The molecule has 1 radical (unpaired) electrons. The summed E-state index contributed by atoms with van der Waals surface area (Å²) in [6, 6.07) is 7.05. The molecule has 1 aromatic rings. The summed E-state index contributed by atoms with van der Waals surface area (Å²) in [7, 11) is 1.57. The summed E-state index contributed by atoms with van der Waals surface area (Å²) in [6.07, 6.45) is 1.64. The largest absolute Gasteiger partial charge is 0.497 e. The molecular formula is C9H9O3. The van der Waals surface area contributed by atoms with E-state index in [-0.39, 0.29) is 6.61 Å². The van der Waals surface area contributed by atoms with Crippen molar-refractivity contribution in [2.75, 3.05) is 13.7 Å². The summed E-state index contributed by atoms with van der Waals surface area (Å²) < 4.78 is 9.95. The van der Waals surface area contributed by atoms with Crippen molar-refractivity contribution >= 4 is 6.29 Å². The number of rotatable bonds is 4. The van der Waals surface area contributed by atoms with Crippen LogP contribution < -0.4 is 9.47 Å². The maximum Gasteiger partial charge on any atom is 0.239 e. The third-order valence-corrected chi connectivity index (χ3v) is 1.34. The van der Waals surface area contributed by atoms with E-state index in [4.69, 9.17) is 9.47 Å². The van der Waals surface area contributed by atoms with Crippen LogP contribution in [-0.2, 0) is 4.79 Å². The highest BCUT2D eigenvalue weighted by Crippen LogP contribution is 2.18. The van der Waals surface area contributed by atoms with Crippen LogP contribution in [0.5, 0.6) is 11.5 Å². The summed E-state index contributed by atoms with van der Waals surface area (Å²) in [5.74, 6) is 1.32. The van der Waals surface area contributed by atoms with E-state index in [1.54, 1.807) is 37.7 Å². The molecule has 0 fully saturated rings. The van der Waals surface area contributed by atoms with Gasteiger partial charge in [0.2, 0.25) is 6.29 Å². The molecular weight excluding hydrogens is 156 g/mol. The van der Waals surface area contributed by atoms with Gasteiger partial charge in [-0.3, -0.25) is 4.79 Å². The van der Waals surface area contributed by atoms with Gasteiger partial charge >= 0.3 is 0 Å². The lowest BCUT2D eigenvalue weighted by Gasteiger charge is -2.03. The zero-order valence-electron chi connectivity index (χ0n) is 6.74. The predicted molar refractivity (Wildman–Crippen MR) is 44.2 cm³/mol. The van der Waals surface area contributed by atoms with E-state index in [9.17, 15) is 4.79 Å². The second-order valence-electron chi connectivity index (χ2n) is 2.11. The van der Waals surface area contributed by atoms with Crippen LogP contribution in [-0.4, -0.2) is 20.0 Å². The normalized spacial score (nSPS) is 9.08. The predicted octanol–water partition coefficient (Wildman–Crippen LogP) is 1.18. The van der Waals surface area contributed by atoms with Gasteiger partial charge in [0.05, 0.1) is 7.11 Å². The van der Waals surface area contributed by atoms with E-state index in [0.29, 0.717) is 11.5 Å². The Kier molecular flexibility index (Phi) is 3.14. The minimum atomic E-state index is -0.0484. The van der Waals surface area contributed by atoms with E-state index in [1.807, 2.05) is 0 Å². The molecule has 0 N–H and O–H groups in total. The fourth-order valence-corrected chi connectivity index (χ4v) is 0.804. The molecule has 0 aliphatic heterocycles. The molecule has 0 heterocycles. The summed E-state index contributed by atoms with van der Waals surface area (Å²) >= 11 is 0. The van der Waals surface area contributed by atoms with E-state index in [1.165, 1.54) is 0 Å². The van der Waals surface area contributed by atoms with Crippen LogP contribution in [0.2, 0.25) is 0 Å².